The Morgan fingerprint density at radius 2 is 2.00 bits per heavy atom. The fraction of sp³-hybridized carbons (Fsp3) is 0.385. The summed E-state index contributed by atoms with van der Waals surface area (Å²) in [6.45, 7) is 4.70. The molecule has 0 aliphatic carbocycles. The number of ether oxygens (including phenoxy) is 1. The third kappa shape index (κ3) is 3.65. The van der Waals surface area contributed by atoms with Gasteiger partial charge in [-0.3, -0.25) is 5.32 Å². The SMILES string of the molecule is CC#CCN[C@@H](C)c1ccc(OC)cc1. The molecule has 0 bridgehead atoms. The summed E-state index contributed by atoms with van der Waals surface area (Å²) in [7, 11) is 1.67. The first-order valence-corrected chi connectivity index (χ1v) is 5.05. The summed E-state index contributed by atoms with van der Waals surface area (Å²) in [6, 6.07) is 8.39. The zero-order valence-electron chi connectivity index (χ0n) is 9.50. The second-order valence-corrected chi connectivity index (χ2v) is 3.30. The van der Waals surface area contributed by atoms with Crippen LogP contribution >= 0.6 is 0 Å². The lowest BCUT2D eigenvalue weighted by molar-refractivity contribution is 0.414. The summed E-state index contributed by atoms with van der Waals surface area (Å²) >= 11 is 0. The standard InChI is InChI=1S/C13H17NO/c1-4-5-10-14-11(2)12-6-8-13(15-3)9-7-12/h6-9,11,14H,10H2,1-3H3/t11-/m0/s1. The zero-order valence-corrected chi connectivity index (χ0v) is 9.50. The predicted molar refractivity (Wildman–Crippen MR) is 62.9 cm³/mol. The van der Waals surface area contributed by atoms with Gasteiger partial charge in [-0.25, -0.2) is 0 Å². The highest BCUT2D eigenvalue weighted by Crippen LogP contribution is 2.16. The van der Waals surface area contributed by atoms with Crippen LogP contribution in [0, 0.1) is 11.8 Å². The molecule has 0 fully saturated rings. The molecule has 80 valence electrons. The van der Waals surface area contributed by atoms with E-state index in [2.05, 4.69) is 36.2 Å². The number of hydrogen-bond donors (Lipinski definition) is 1. The number of rotatable bonds is 4. The lowest BCUT2D eigenvalue weighted by Gasteiger charge is -2.12. The predicted octanol–water partition coefficient (Wildman–Crippen LogP) is 2.37. The third-order valence-corrected chi connectivity index (χ3v) is 2.29. The van der Waals surface area contributed by atoms with Crippen molar-refractivity contribution in [3.63, 3.8) is 0 Å². The first-order chi connectivity index (χ1) is 7.27. The molecule has 0 saturated carbocycles. The molecule has 1 N–H and O–H groups in total. The lowest BCUT2D eigenvalue weighted by atomic mass is 10.1. The number of methoxy groups -OCH3 is 1. The van der Waals surface area contributed by atoms with Crippen LogP contribution in [-0.4, -0.2) is 13.7 Å². The topological polar surface area (TPSA) is 21.3 Å². The number of hydrogen-bond acceptors (Lipinski definition) is 2. The third-order valence-electron chi connectivity index (χ3n) is 2.29. The van der Waals surface area contributed by atoms with E-state index in [9.17, 15) is 0 Å². The summed E-state index contributed by atoms with van der Waals surface area (Å²) in [4.78, 5) is 0. The first-order valence-electron chi connectivity index (χ1n) is 5.05. The molecule has 0 heterocycles. The minimum atomic E-state index is 0.316. The molecule has 0 radical (unpaired) electrons. The molecule has 1 atom stereocenters. The molecular formula is C13H17NO. The van der Waals surface area contributed by atoms with Gasteiger partial charge in [-0.05, 0) is 31.5 Å². The van der Waals surface area contributed by atoms with E-state index >= 15 is 0 Å². The minimum absolute atomic E-state index is 0.316. The summed E-state index contributed by atoms with van der Waals surface area (Å²) in [6.07, 6.45) is 0. The summed E-state index contributed by atoms with van der Waals surface area (Å²) in [5.74, 6) is 6.73. The maximum atomic E-state index is 5.10. The van der Waals surface area contributed by atoms with E-state index < -0.39 is 0 Å². The Morgan fingerprint density at radius 1 is 1.33 bits per heavy atom. The van der Waals surface area contributed by atoms with Crippen LogP contribution in [0.4, 0.5) is 0 Å². The Hall–Kier alpha value is -1.46. The molecule has 0 aliphatic rings. The van der Waals surface area contributed by atoms with Gasteiger partial charge in [-0.2, -0.15) is 0 Å². The molecule has 0 spiro atoms. The molecule has 0 amide bonds. The largest absolute Gasteiger partial charge is 0.497 e. The van der Waals surface area contributed by atoms with Gasteiger partial charge in [-0.1, -0.05) is 18.1 Å². The molecule has 15 heavy (non-hydrogen) atoms. The summed E-state index contributed by atoms with van der Waals surface area (Å²) < 4.78 is 5.10. The lowest BCUT2D eigenvalue weighted by Crippen LogP contribution is -2.18. The van der Waals surface area contributed by atoms with Gasteiger partial charge in [0.1, 0.15) is 5.75 Å². The normalized spacial score (nSPS) is 11.4. The highest BCUT2D eigenvalue weighted by Gasteiger charge is 2.02. The molecule has 0 aromatic heterocycles. The Labute approximate surface area is 91.6 Å². The highest BCUT2D eigenvalue weighted by molar-refractivity contribution is 5.28. The molecule has 1 aromatic rings. The quantitative estimate of drug-likeness (QED) is 0.758. The fourth-order valence-electron chi connectivity index (χ4n) is 1.30. The second-order valence-electron chi connectivity index (χ2n) is 3.30. The van der Waals surface area contributed by atoms with Crippen LogP contribution in [0.2, 0.25) is 0 Å². The minimum Gasteiger partial charge on any atom is -0.497 e. The highest BCUT2D eigenvalue weighted by atomic mass is 16.5. The zero-order chi connectivity index (χ0) is 11.1. The average Bonchev–Trinajstić information content (AvgIpc) is 2.29. The molecular weight excluding hydrogens is 186 g/mol. The van der Waals surface area contributed by atoms with Gasteiger partial charge in [0.05, 0.1) is 13.7 Å². The Morgan fingerprint density at radius 3 is 2.53 bits per heavy atom. The monoisotopic (exact) mass is 203 g/mol. The maximum Gasteiger partial charge on any atom is 0.118 e. The van der Waals surface area contributed by atoms with Crippen molar-refractivity contribution < 1.29 is 4.74 Å². The van der Waals surface area contributed by atoms with Crippen molar-refractivity contribution in [3.8, 4) is 17.6 Å². The van der Waals surface area contributed by atoms with E-state index in [4.69, 9.17) is 4.74 Å². The fourth-order valence-corrected chi connectivity index (χ4v) is 1.30. The van der Waals surface area contributed by atoms with Crippen LogP contribution < -0.4 is 10.1 Å². The molecule has 0 aliphatic heterocycles. The van der Waals surface area contributed by atoms with E-state index in [-0.39, 0.29) is 0 Å². The Kier molecular flexibility index (Phi) is 4.73. The van der Waals surface area contributed by atoms with E-state index in [0.717, 1.165) is 12.3 Å². The Bertz CT molecular complexity index is 345. The van der Waals surface area contributed by atoms with Crippen molar-refractivity contribution in [2.45, 2.75) is 19.9 Å². The van der Waals surface area contributed by atoms with Crippen LogP contribution in [0.5, 0.6) is 5.75 Å². The van der Waals surface area contributed by atoms with Crippen molar-refractivity contribution in [2.75, 3.05) is 13.7 Å². The van der Waals surface area contributed by atoms with Crippen molar-refractivity contribution in [1.29, 1.82) is 0 Å². The molecule has 0 saturated heterocycles. The average molecular weight is 203 g/mol. The van der Waals surface area contributed by atoms with Crippen molar-refractivity contribution in [3.05, 3.63) is 29.8 Å². The Balaban J connectivity index is 2.56. The summed E-state index contributed by atoms with van der Waals surface area (Å²) in [5.41, 5.74) is 1.24. The van der Waals surface area contributed by atoms with Gasteiger partial charge in [0, 0.05) is 6.04 Å². The van der Waals surface area contributed by atoms with Crippen LogP contribution in [-0.2, 0) is 0 Å². The number of nitrogens with one attached hydrogen (secondary N) is 1. The van der Waals surface area contributed by atoms with Gasteiger partial charge < -0.3 is 4.74 Å². The maximum absolute atomic E-state index is 5.10. The van der Waals surface area contributed by atoms with Crippen LogP contribution in [0.25, 0.3) is 0 Å². The van der Waals surface area contributed by atoms with E-state index in [1.54, 1.807) is 7.11 Å². The molecule has 0 unspecified atom stereocenters. The van der Waals surface area contributed by atoms with E-state index in [0.29, 0.717) is 6.04 Å². The molecule has 2 heteroatoms. The van der Waals surface area contributed by atoms with Gasteiger partial charge in [0.2, 0.25) is 0 Å². The van der Waals surface area contributed by atoms with E-state index in [1.807, 2.05) is 19.1 Å². The molecule has 1 rings (SSSR count). The van der Waals surface area contributed by atoms with E-state index in [1.165, 1.54) is 5.56 Å². The van der Waals surface area contributed by atoms with Gasteiger partial charge >= 0.3 is 0 Å². The number of benzene rings is 1. The van der Waals surface area contributed by atoms with Crippen molar-refractivity contribution in [2.24, 2.45) is 0 Å². The summed E-state index contributed by atoms with van der Waals surface area (Å²) in [5, 5.41) is 3.32. The first kappa shape index (κ1) is 11.6. The van der Waals surface area contributed by atoms with Crippen LogP contribution in [0.3, 0.4) is 0 Å². The van der Waals surface area contributed by atoms with Crippen molar-refractivity contribution >= 4 is 0 Å². The van der Waals surface area contributed by atoms with Gasteiger partial charge in [0.15, 0.2) is 0 Å². The van der Waals surface area contributed by atoms with Crippen LogP contribution in [0.15, 0.2) is 24.3 Å². The van der Waals surface area contributed by atoms with Gasteiger partial charge in [0.25, 0.3) is 0 Å². The van der Waals surface area contributed by atoms with Crippen LogP contribution in [0.1, 0.15) is 25.5 Å². The van der Waals surface area contributed by atoms with Gasteiger partial charge in [-0.15, -0.1) is 5.92 Å². The second kappa shape index (κ2) is 6.10. The van der Waals surface area contributed by atoms with Crippen molar-refractivity contribution in [1.82, 2.24) is 5.32 Å². The molecule has 1 aromatic carbocycles. The smallest absolute Gasteiger partial charge is 0.118 e. The molecule has 2 nitrogen and oxygen atoms in total.